The number of hydrogen-bond acceptors (Lipinski definition) is 4. The molecule has 0 spiro atoms. The number of halogens is 2. The van der Waals surface area contributed by atoms with Gasteiger partial charge in [0, 0.05) is 34.2 Å². The van der Waals surface area contributed by atoms with Crippen LogP contribution in [0.3, 0.4) is 0 Å². The van der Waals surface area contributed by atoms with E-state index in [-0.39, 0.29) is 5.78 Å². The Kier molecular flexibility index (Phi) is 7.27. The first-order chi connectivity index (χ1) is 16.0. The number of aromatic nitrogens is 2. The standard InChI is InChI=1S/C26H20BrClN2O3/c1-32-25-10-3-18(14-20(25)16-33-26-11-6-21(28)15-23(26)27)2-9-24(31)19-4-7-22(8-5-19)30-13-12-29-17-30/h2-15,17H,16H2,1H3/b9-2+. The van der Waals surface area contributed by atoms with E-state index in [1.807, 2.05) is 41.1 Å². The van der Waals surface area contributed by atoms with Gasteiger partial charge in [-0.3, -0.25) is 4.79 Å². The number of rotatable bonds is 8. The highest BCUT2D eigenvalue weighted by Gasteiger charge is 2.08. The van der Waals surface area contributed by atoms with E-state index in [9.17, 15) is 4.79 Å². The highest BCUT2D eigenvalue weighted by Crippen LogP contribution is 2.30. The smallest absolute Gasteiger partial charge is 0.185 e. The highest BCUT2D eigenvalue weighted by atomic mass is 79.9. The topological polar surface area (TPSA) is 53.4 Å². The van der Waals surface area contributed by atoms with Gasteiger partial charge in [0.2, 0.25) is 0 Å². The zero-order valence-corrected chi connectivity index (χ0v) is 20.1. The van der Waals surface area contributed by atoms with Crippen LogP contribution in [0.15, 0.2) is 89.9 Å². The first-order valence-corrected chi connectivity index (χ1v) is 11.3. The molecule has 5 nitrogen and oxygen atoms in total. The van der Waals surface area contributed by atoms with Crippen LogP contribution in [-0.2, 0) is 6.61 Å². The minimum absolute atomic E-state index is 0.0779. The van der Waals surface area contributed by atoms with Crippen molar-refractivity contribution >= 4 is 39.4 Å². The summed E-state index contributed by atoms with van der Waals surface area (Å²) in [6.07, 6.45) is 8.63. The maximum atomic E-state index is 12.6. The predicted octanol–water partition coefficient (Wildman–Crippen LogP) is 6.77. The van der Waals surface area contributed by atoms with Crippen molar-refractivity contribution < 1.29 is 14.3 Å². The predicted molar refractivity (Wildman–Crippen MR) is 133 cm³/mol. The van der Waals surface area contributed by atoms with Gasteiger partial charge >= 0.3 is 0 Å². The van der Waals surface area contributed by atoms with Crippen LogP contribution in [0.4, 0.5) is 0 Å². The summed E-state index contributed by atoms with van der Waals surface area (Å²) in [6.45, 7) is 0.300. The Balaban J connectivity index is 1.46. The zero-order valence-electron chi connectivity index (χ0n) is 17.7. The summed E-state index contributed by atoms with van der Waals surface area (Å²) in [5.41, 5.74) is 3.28. The second-order valence-corrected chi connectivity index (χ2v) is 8.44. The Morgan fingerprint density at radius 3 is 2.58 bits per heavy atom. The molecule has 4 aromatic rings. The maximum Gasteiger partial charge on any atom is 0.185 e. The molecule has 0 aliphatic carbocycles. The van der Waals surface area contributed by atoms with Gasteiger partial charge < -0.3 is 14.0 Å². The van der Waals surface area contributed by atoms with E-state index in [1.54, 1.807) is 62.1 Å². The molecule has 0 aliphatic rings. The lowest BCUT2D eigenvalue weighted by Gasteiger charge is -2.12. The van der Waals surface area contributed by atoms with Crippen LogP contribution in [-0.4, -0.2) is 22.4 Å². The number of carbonyl (C=O) groups is 1. The first-order valence-electron chi connectivity index (χ1n) is 10.1. The number of allylic oxidation sites excluding steroid dienone is 1. The van der Waals surface area contributed by atoms with E-state index >= 15 is 0 Å². The number of hydrogen-bond donors (Lipinski definition) is 0. The molecule has 7 heteroatoms. The van der Waals surface area contributed by atoms with E-state index < -0.39 is 0 Å². The largest absolute Gasteiger partial charge is 0.496 e. The molecule has 0 saturated heterocycles. The Bertz CT molecular complexity index is 1290. The summed E-state index contributed by atoms with van der Waals surface area (Å²) in [7, 11) is 1.61. The molecule has 0 N–H and O–H groups in total. The van der Waals surface area contributed by atoms with Crippen LogP contribution in [0, 0.1) is 0 Å². The van der Waals surface area contributed by atoms with E-state index in [0.29, 0.717) is 28.7 Å². The molecular weight excluding hydrogens is 504 g/mol. The number of imidazole rings is 1. The van der Waals surface area contributed by atoms with Gasteiger partial charge in [0.1, 0.15) is 18.1 Å². The highest BCUT2D eigenvalue weighted by molar-refractivity contribution is 9.10. The van der Waals surface area contributed by atoms with Gasteiger partial charge in [-0.25, -0.2) is 4.98 Å². The second-order valence-electron chi connectivity index (χ2n) is 7.15. The van der Waals surface area contributed by atoms with Crippen LogP contribution in [0.25, 0.3) is 11.8 Å². The number of benzene rings is 3. The molecule has 0 unspecified atom stereocenters. The number of ether oxygens (including phenoxy) is 2. The van der Waals surface area contributed by atoms with Crippen LogP contribution < -0.4 is 9.47 Å². The molecule has 0 atom stereocenters. The van der Waals surface area contributed by atoms with Crippen LogP contribution >= 0.6 is 27.5 Å². The van der Waals surface area contributed by atoms with E-state index in [1.165, 1.54) is 0 Å². The van der Waals surface area contributed by atoms with Crippen molar-refractivity contribution in [2.24, 2.45) is 0 Å². The molecule has 0 bridgehead atoms. The van der Waals surface area contributed by atoms with E-state index in [2.05, 4.69) is 20.9 Å². The average molecular weight is 524 g/mol. The fourth-order valence-corrected chi connectivity index (χ4v) is 4.04. The molecule has 0 saturated carbocycles. The van der Waals surface area contributed by atoms with E-state index in [0.717, 1.165) is 21.3 Å². The summed E-state index contributed by atoms with van der Waals surface area (Å²) in [6, 6.07) is 18.4. The summed E-state index contributed by atoms with van der Waals surface area (Å²) in [5, 5.41) is 0.625. The Hall–Kier alpha value is -3.35. The van der Waals surface area contributed by atoms with Crippen molar-refractivity contribution in [1.82, 2.24) is 9.55 Å². The second kappa shape index (κ2) is 10.5. The molecule has 0 radical (unpaired) electrons. The lowest BCUT2D eigenvalue weighted by atomic mass is 10.1. The summed E-state index contributed by atoms with van der Waals surface area (Å²) < 4.78 is 14.0. The zero-order chi connectivity index (χ0) is 23.2. The first kappa shape index (κ1) is 22.8. The van der Waals surface area contributed by atoms with Crippen LogP contribution in [0.1, 0.15) is 21.5 Å². The molecule has 0 aliphatic heterocycles. The van der Waals surface area contributed by atoms with Gasteiger partial charge in [-0.1, -0.05) is 23.7 Å². The normalized spacial score (nSPS) is 11.0. The third kappa shape index (κ3) is 5.72. The van der Waals surface area contributed by atoms with Gasteiger partial charge in [-0.15, -0.1) is 0 Å². The molecule has 0 fully saturated rings. The van der Waals surface area contributed by atoms with Gasteiger partial charge in [0.15, 0.2) is 5.78 Å². The monoisotopic (exact) mass is 522 g/mol. The van der Waals surface area contributed by atoms with Crippen LogP contribution in [0.2, 0.25) is 5.02 Å². The van der Waals surface area contributed by atoms with Gasteiger partial charge in [0.05, 0.1) is 17.9 Å². The number of ketones is 1. The van der Waals surface area contributed by atoms with Crippen molar-refractivity contribution in [3.05, 3.63) is 112 Å². The van der Waals surface area contributed by atoms with Crippen molar-refractivity contribution in [3.63, 3.8) is 0 Å². The number of nitrogens with zero attached hydrogens (tertiary/aromatic N) is 2. The van der Waals surface area contributed by atoms with Crippen molar-refractivity contribution in [2.75, 3.05) is 7.11 Å². The van der Waals surface area contributed by atoms with E-state index in [4.69, 9.17) is 21.1 Å². The summed E-state index contributed by atoms with van der Waals surface area (Å²) >= 11 is 9.45. The van der Waals surface area contributed by atoms with Crippen LogP contribution in [0.5, 0.6) is 11.5 Å². The van der Waals surface area contributed by atoms with Crippen molar-refractivity contribution in [2.45, 2.75) is 6.61 Å². The quantitative estimate of drug-likeness (QED) is 0.189. The molecule has 33 heavy (non-hydrogen) atoms. The Labute approximate surface area is 205 Å². The third-order valence-corrected chi connectivity index (χ3v) is 5.82. The molecule has 166 valence electrons. The van der Waals surface area contributed by atoms with Crippen molar-refractivity contribution in [1.29, 1.82) is 0 Å². The lowest BCUT2D eigenvalue weighted by Crippen LogP contribution is -2.00. The molecule has 1 aromatic heterocycles. The average Bonchev–Trinajstić information content (AvgIpc) is 3.37. The molecule has 1 heterocycles. The molecule has 3 aromatic carbocycles. The number of carbonyl (C=O) groups excluding carboxylic acids is 1. The van der Waals surface area contributed by atoms with Gasteiger partial charge in [-0.05, 0) is 82.2 Å². The minimum Gasteiger partial charge on any atom is -0.496 e. The lowest BCUT2D eigenvalue weighted by molar-refractivity contribution is 0.104. The Morgan fingerprint density at radius 2 is 1.88 bits per heavy atom. The fraction of sp³-hybridized carbons (Fsp3) is 0.0769. The number of methoxy groups -OCH3 is 1. The Morgan fingerprint density at radius 1 is 1.09 bits per heavy atom. The molecule has 0 amide bonds. The fourth-order valence-electron chi connectivity index (χ4n) is 3.24. The minimum atomic E-state index is -0.0779. The third-order valence-electron chi connectivity index (χ3n) is 4.96. The SMILES string of the molecule is COc1ccc(/C=C/C(=O)c2ccc(-n3ccnc3)cc2)cc1COc1ccc(Cl)cc1Br. The van der Waals surface area contributed by atoms with Crippen molar-refractivity contribution in [3.8, 4) is 17.2 Å². The maximum absolute atomic E-state index is 12.6. The summed E-state index contributed by atoms with van der Waals surface area (Å²) in [5.74, 6) is 1.31. The molecule has 4 rings (SSSR count). The summed E-state index contributed by atoms with van der Waals surface area (Å²) in [4.78, 5) is 16.7. The van der Waals surface area contributed by atoms with Gasteiger partial charge in [0.25, 0.3) is 0 Å². The molecular formula is C26H20BrClN2O3. The van der Waals surface area contributed by atoms with Gasteiger partial charge in [-0.2, -0.15) is 0 Å².